The van der Waals surface area contributed by atoms with Gasteiger partial charge in [0.1, 0.15) is 0 Å². The van der Waals surface area contributed by atoms with Crippen LogP contribution in [0.5, 0.6) is 0 Å². The number of carboxylic acid groups (broad SMARTS) is 1. The normalized spacial score (nSPS) is 20.8. The van der Waals surface area contributed by atoms with Gasteiger partial charge in [0.05, 0.1) is 16.4 Å². The molecule has 0 spiro atoms. The lowest BCUT2D eigenvalue weighted by atomic mass is 9.99. The molecule has 0 amide bonds. The monoisotopic (exact) mass is 337 g/mol. The molecule has 122 valence electrons. The Morgan fingerprint density at radius 2 is 1.82 bits per heavy atom. The van der Waals surface area contributed by atoms with Gasteiger partial charge in [0.2, 0.25) is 10.0 Å². The maximum absolute atomic E-state index is 12.8. The van der Waals surface area contributed by atoms with Crippen LogP contribution in [0.15, 0.2) is 29.2 Å². The lowest BCUT2D eigenvalue weighted by Crippen LogP contribution is -2.44. The van der Waals surface area contributed by atoms with Gasteiger partial charge in [-0.2, -0.15) is 17.5 Å². The molecule has 1 aliphatic rings. The van der Waals surface area contributed by atoms with E-state index in [1.165, 1.54) is 0 Å². The van der Waals surface area contributed by atoms with Gasteiger partial charge < -0.3 is 5.11 Å². The average Bonchev–Trinajstić information content (AvgIpc) is 2.46. The van der Waals surface area contributed by atoms with E-state index < -0.39 is 34.6 Å². The molecular formula is C13H14F3NO4S. The fourth-order valence-corrected chi connectivity index (χ4v) is 3.87. The summed E-state index contributed by atoms with van der Waals surface area (Å²) < 4.78 is 63.8. The number of hydrogen-bond acceptors (Lipinski definition) is 3. The second-order valence-electron chi connectivity index (χ2n) is 5.07. The molecule has 1 aromatic carbocycles. The predicted molar refractivity (Wildman–Crippen MR) is 70.9 cm³/mol. The molecule has 0 bridgehead atoms. The van der Waals surface area contributed by atoms with Crippen molar-refractivity contribution >= 4 is 16.0 Å². The van der Waals surface area contributed by atoms with Crippen molar-refractivity contribution in [2.75, 3.05) is 13.1 Å². The number of aromatic carboxylic acids is 1. The molecule has 1 unspecified atom stereocenters. The van der Waals surface area contributed by atoms with Crippen molar-refractivity contribution in [3.05, 3.63) is 29.8 Å². The van der Waals surface area contributed by atoms with Crippen LogP contribution in [0.3, 0.4) is 0 Å². The van der Waals surface area contributed by atoms with Crippen molar-refractivity contribution in [3.8, 4) is 0 Å². The molecule has 0 aliphatic carbocycles. The van der Waals surface area contributed by atoms with Crippen LogP contribution < -0.4 is 0 Å². The minimum absolute atomic E-state index is 0.0234. The zero-order valence-electron chi connectivity index (χ0n) is 11.4. The summed E-state index contributed by atoms with van der Waals surface area (Å²) in [5, 5.41) is 8.77. The van der Waals surface area contributed by atoms with Gasteiger partial charge >= 0.3 is 12.1 Å². The molecule has 0 radical (unpaired) electrons. The molecule has 0 aromatic heterocycles. The molecule has 1 atom stereocenters. The van der Waals surface area contributed by atoms with Crippen LogP contribution in [-0.2, 0) is 10.0 Å². The lowest BCUT2D eigenvalue weighted by molar-refractivity contribution is -0.182. The maximum Gasteiger partial charge on any atom is 0.393 e. The number of alkyl halides is 3. The van der Waals surface area contributed by atoms with Gasteiger partial charge in [-0.05, 0) is 37.1 Å². The number of benzene rings is 1. The summed E-state index contributed by atoms with van der Waals surface area (Å²) in [6.07, 6.45) is -4.38. The largest absolute Gasteiger partial charge is 0.478 e. The third-order valence-electron chi connectivity index (χ3n) is 3.59. The summed E-state index contributed by atoms with van der Waals surface area (Å²) in [6, 6.07) is 4.41. The molecule has 1 saturated heterocycles. The van der Waals surface area contributed by atoms with Gasteiger partial charge in [-0.1, -0.05) is 0 Å². The van der Waals surface area contributed by atoms with E-state index in [1.807, 2.05) is 0 Å². The number of hydrogen-bond donors (Lipinski definition) is 1. The first-order chi connectivity index (χ1) is 10.1. The Labute approximate surface area is 125 Å². The number of nitrogens with zero attached hydrogens (tertiary/aromatic N) is 1. The van der Waals surface area contributed by atoms with Crippen molar-refractivity contribution in [3.63, 3.8) is 0 Å². The zero-order valence-corrected chi connectivity index (χ0v) is 12.2. The number of rotatable bonds is 3. The standard InChI is InChI=1S/C13H14F3NO4S/c14-13(15,16)10-2-1-7-17(8-10)22(20,21)11-5-3-9(4-6-11)12(18)19/h3-6,10H,1-2,7-8H2,(H,18,19). The lowest BCUT2D eigenvalue weighted by Gasteiger charge is -2.32. The van der Waals surface area contributed by atoms with Crippen molar-refractivity contribution in [1.29, 1.82) is 0 Å². The highest BCUT2D eigenvalue weighted by Crippen LogP contribution is 2.34. The van der Waals surface area contributed by atoms with Gasteiger partial charge in [0.25, 0.3) is 0 Å². The van der Waals surface area contributed by atoms with Crippen LogP contribution in [0, 0.1) is 5.92 Å². The Hall–Kier alpha value is -1.61. The van der Waals surface area contributed by atoms with E-state index in [9.17, 15) is 26.4 Å². The Balaban J connectivity index is 2.24. The van der Waals surface area contributed by atoms with E-state index in [-0.39, 0.29) is 29.8 Å². The average molecular weight is 337 g/mol. The summed E-state index contributed by atoms with van der Waals surface area (Å²) in [7, 11) is -4.06. The first-order valence-electron chi connectivity index (χ1n) is 6.52. The highest BCUT2D eigenvalue weighted by molar-refractivity contribution is 7.89. The molecule has 0 saturated carbocycles. The first kappa shape index (κ1) is 16.8. The predicted octanol–water partition coefficient (Wildman–Crippen LogP) is 2.35. The molecule has 1 heterocycles. The Kier molecular flexibility index (Phi) is 4.48. The van der Waals surface area contributed by atoms with E-state index >= 15 is 0 Å². The Morgan fingerprint density at radius 3 is 2.32 bits per heavy atom. The van der Waals surface area contributed by atoms with Crippen molar-refractivity contribution in [2.45, 2.75) is 23.9 Å². The van der Waals surface area contributed by atoms with Crippen LogP contribution in [0.4, 0.5) is 13.2 Å². The van der Waals surface area contributed by atoms with Crippen LogP contribution in [0.25, 0.3) is 0 Å². The van der Waals surface area contributed by atoms with Crippen LogP contribution in [-0.4, -0.2) is 43.1 Å². The highest BCUT2D eigenvalue weighted by atomic mass is 32.2. The number of piperidine rings is 1. The molecule has 2 rings (SSSR count). The van der Waals surface area contributed by atoms with Crippen LogP contribution in [0.2, 0.25) is 0 Å². The quantitative estimate of drug-likeness (QED) is 0.919. The summed E-state index contributed by atoms with van der Waals surface area (Å²) in [5.74, 6) is -2.88. The first-order valence-corrected chi connectivity index (χ1v) is 7.96. The third kappa shape index (κ3) is 3.41. The zero-order chi connectivity index (χ0) is 16.5. The second-order valence-corrected chi connectivity index (χ2v) is 7.01. The highest BCUT2D eigenvalue weighted by Gasteiger charge is 2.44. The Bertz CT molecular complexity index is 655. The fourth-order valence-electron chi connectivity index (χ4n) is 2.35. The van der Waals surface area contributed by atoms with Gasteiger partial charge in [-0.25, -0.2) is 13.2 Å². The molecule has 5 nitrogen and oxygen atoms in total. The number of sulfonamides is 1. The maximum atomic E-state index is 12.8. The van der Waals surface area contributed by atoms with Gasteiger partial charge in [0.15, 0.2) is 0 Å². The van der Waals surface area contributed by atoms with E-state index in [0.717, 1.165) is 28.6 Å². The van der Waals surface area contributed by atoms with Gasteiger partial charge in [-0.3, -0.25) is 0 Å². The third-order valence-corrected chi connectivity index (χ3v) is 5.47. The summed E-state index contributed by atoms with van der Waals surface area (Å²) in [6.45, 7) is -0.581. The fraction of sp³-hybridized carbons (Fsp3) is 0.462. The molecular weight excluding hydrogens is 323 g/mol. The van der Waals surface area contributed by atoms with E-state index in [2.05, 4.69) is 0 Å². The second kappa shape index (κ2) is 5.88. The molecule has 1 aromatic rings. The van der Waals surface area contributed by atoms with Gasteiger partial charge in [-0.15, -0.1) is 0 Å². The Morgan fingerprint density at radius 1 is 1.23 bits per heavy atom. The molecule has 22 heavy (non-hydrogen) atoms. The minimum atomic E-state index is -4.43. The summed E-state index contributed by atoms with van der Waals surface area (Å²) in [4.78, 5) is 10.5. The van der Waals surface area contributed by atoms with E-state index in [0.29, 0.717) is 0 Å². The SMILES string of the molecule is O=C(O)c1ccc(S(=O)(=O)N2CCCC(C(F)(F)F)C2)cc1. The van der Waals surface area contributed by atoms with Crippen LogP contribution >= 0.6 is 0 Å². The summed E-state index contributed by atoms with van der Waals surface area (Å²) >= 11 is 0. The molecule has 9 heteroatoms. The van der Waals surface area contributed by atoms with Crippen molar-refractivity contribution in [2.24, 2.45) is 5.92 Å². The van der Waals surface area contributed by atoms with Crippen LogP contribution in [0.1, 0.15) is 23.2 Å². The minimum Gasteiger partial charge on any atom is -0.478 e. The molecule has 1 N–H and O–H groups in total. The molecule has 1 fully saturated rings. The van der Waals surface area contributed by atoms with Crippen molar-refractivity contribution in [1.82, 2.24) is 4.31 Å². The smallest absolute Gasteiger partial charge is 0.393 e. The van der Waals surface area contributed by atoms with E-state index in [1.54, 1.807) is 0 Å². The summed E-state index contributed by atoms with van der Waals surface area (Å²) in [5.41, 5.74) is -0.0919. The number of halogens is 3. The molecule has 1 aliphatic heterocycles. The number of carbonyl (C=O) groups is 1. The van der Waals surface area contributed by atoms with Crippen molar-refractivity contribution < 1.29 is 31.5 Å². The van der Waals surface area contributed by atoms with E-state index in [4.69, 9.17) is 5.11 Å². The number of carboxylic acids is 1. The topological polar surface area (TPSA) is 74.7 Å². The van der Waals surface area contributed by atoms with Gasteiger partial charge in [0, 0.05) is 13.1 Å².